The Hall–Kier alpha value is -1.99. The normalized spacial score (nSPS) is 14.6. The smallest absolute Gasteiger partial charge is 0.289 e. The zero-order chi connectivity index (χ0) is 21.8. The molecule has 1 aliphatic rings. The first-order valence-corrected chi connectivity index (χ1v) is 11.5. The van der Waals surface area contributed by atoms with Crippen LogP contribution in [0.2, 0.25) is 10.0 Å². The predicted molar refractivity (Wildman–Crippen MR) is 125 cm³/mol. The molecule has 1 fully saturated rings. The Kier molecular flexibility index (Phi) is 7.23. The van der Waals surface area contributed by atoms with Gasteiger partial charge in [0.25, 0.3) is 5.91 Å². The molecule has 0 atom stereocenters. The molecule has 0 saturated carbocycles. The maximum absolute atomic E-state index is 12.8. The maximum Gasteiger partial charge on any atom is 0.289 e. The Morgan fingerprint density at radius 1 is 1.03 bits per heavy atom. The fourth-order valence-electron chi connectivity index (χ4n) is 3.44. The van der Waals surface area contributed by atoms with Crippen LogP contribution < -0.4 is 4.74 Å². The van der Waals surface area contributed by atoms with Crippen LogP contribution in [0.15, 0.2) is 63.5 Å². The molecule has 0 spiro atoms. The van der Waals surface area contributed by atoms with Crippen LogP contribution in [0.25, 0.3) is 0 Å². The highest BCUT2D eigenvalue weighted by molar-refractivity contribution is 9.10. The summed E-state index contributed by atoms with van der Waals surface area (Å²) in [6.45, 7) is 4.00. The van der Waals surface area contributed by atoms with Crippen molar-refractivity contribution in [3.05, 3.63) is 86.2 Å². The van der Waals surface area contributed by atoms with Crippen LogP contribution >= 0.6 is 39.1 Å². The highest BCUT2D eigenvalue weighted by atomic mass is 79.9. The summed E-state index contributed by atoms with van der Waals surface area (Å²) in [7, 11) is 0. The second-order valence-electron chi connectivity index (χ2n) is 7.29. The van der Waals surface area contributed by atoms with Gasteiger partial charge in [-0.15, -0.1) is 0 Å². The lowest BCUT2D eigenvalue weighted by Gasteiger charge is -2.34. The van der Waals surface area contributed by atoms with Crippen molar-refractivity contribution in [1.29, 1.82) is 0 Å². The van der Waals surface area contributed by atoms with Crippen molar-refractivity contribution in [2.75, 3.05) is 26.2 Å². The average Bonchev–Trinajstić information content (AvgIpc) is 3.24. The van der Waals surface area contributed by atoms with Crippen molar-refractivity contribution in [1.82, 2.24) is 9.80 Å². The molecule has 4 rings (SSSR count). The van der Waals surface area contributed by atoms with E-state index < -0.39 is 0 Å². The number of carbonyl (C=O) groups excluding carboxylic acids is 1. The molecule has 3 aromatic rings. The molecule has 0 N–H and O–H groups in total. The number of hydrogen-bond acceptors (Lipinski definition) is 4. The number of amides is 1. The van der Waals surface area contributed by atoms with E-state index in [2.05, 4.69) is 26.9 Å². The minimum absolute atomic E-state index is 0.101. The Labute approximate surface area is 199 Å². The monoisotopic (exact) mass is 522 g/mol. The number of ether oxygens (including phenoxy) is 1. The van der Waals surface area contributed by atoms with Crippen LogP contribution in [-0.4, -0.2) is 41.9 Å². The summed E-state index contributed by atoms with van der Waals surface area (Å²) in [5, 5.41) is 0.968. The average molecular weight is 524 g/mol. The van der Waals surface area contributed by atoms with Crippen LogP contribution in [0.4, 0.5) is 0 Å². The third-order valence-corrected chi connectivity index (χ3v) is 6.45. The maximum atomic E-state index is 12.8. The number of rotatable bonds is 6. The van der Waals surface area contributed by atoms with Gasteiger partial charge in [0, 0.05) is 42.2 Å². The number of benzene rings is 2. The molecular weight excluding hydrogens is 503 g/mol. The van der Waals surface area contributed by atoms with Crippen LogP contribution in [0.3, 0.4) is 0 Å². The third kappa shape index (κ3) is 5.63. The molecule has 1 amide bonds. The van der Waals surface area contributed by atoms with Crippen molar-refractivity contribution in [3.63, 3.8) is 0 Å². The Morgan fingerprint density at radius 3 is 2.55 bits per heavy atom. The topological polar surface area (TPSA) is 45.9 Å². The predicted octanol–water partition coefficient (Wildman–Crippen LogP) is 5.89. The number of furan rings is 1. The fraction of sp³-hybridized carbons (Fsp3) is 0.261. The van der Waals surface area contributed by atoms with Crippen molar-refractivity contribution < 1.29 is 13.9 Å². The van der Waals surface area contributed by atoms with Gasteiger partial charge in [0.2, 0.25) is 0 Å². The van der Waals surface area contributed by atoms with E-state index in [1.54, 1.807) is 30.3 Å². The first kappa shape index (κ1) is 22.2. The lowest BCUT2D eigenvalue weighted by Crippen LogP contribution is -2.48. The van der Waals surface area contributed by atoms with E-state index in [4.69, 9.17) is 32.4 Å². The third-order valence-electron chi connectivity index (χ3n) is 5.15. The second-order valence-corrected chi connectivity index (χ2v) is 8.99. The standard InChI is InChI=1S/C23H21BrCl2N2O3/c24-19-4-2-1-3-16(19)14-27-9-11-28(12-10-27)23(29)22-8-6-18(31-22)15-30-21-7-5-17(25)13-20(21)26/h1-8,13H,9-12,14-15H2. The van der Waals surface area contributed by atoms with Gasteiger partial charge in [-0.2, -0.15) is 0 Å². The van der Waals surface area contributed by atoms with E-state index in [9.17, 15) is 4.79 Å². The SMILES string of the molecule is O=C(c1ccc(COc2ccc(Cl)cc2Cl)o1)N1CCN(Cc2ccccc2Br)CC1. The molecule has 5 nitrogen and oxygen atoms in total. The molecule has 162 valence electrons. The Morgan fingerprint density at radius 2 is 1.81 bits per heavy atom. The van der Waals surface area contributed by atoms with Crippen molar-refractivity contribution >= 4 is 45.0 Å². The van der Waals surface area contributed by atoms with E-state index in [1.807, 2.05) is 23.1 Å². The van der Waals surface area contributed by atoms with Crippen LogP contribution in [-0.2, 0) is 13.2 Å². The van der Waals surface area contributed by atoms with Crippen molar-refractivity contribution in [2.45, 2.75) is 13.2 Å². The molecular formula is C23H21BrCl2N2O3. The summed E-state index contributed by atoms with van der Waals surface area (Å²) in [5.74, 6) is 1.29. The van der Waals surface area contributed by atoms with Gasteiger partial charge in [0.1, 0.15) is 18.1 Å². The van der Waals surface area contributed by atoms with E-state index in [0.29, 0.717) is 40.4 Å². The summed E-state index contributed by atoms with van der Waals surface area (Å²) < 4.78 is 12.5. The molecule has 1 saturated heterocycles. The van der Waals surface area contributed by atoms with E-state index >= 15 is 0 Å². The highest BCUT2D eigenvalue weighted by Crippen LogP contribution is 2.28. The minimum atomic E-state index is -0.101. The zero-order valence-corrected chi connectivity index (χ0v) is 19.8. The Bertz CT molecular complexity index is 1060. The second kappa shape index (κ2) is 10.1. The van der Waals surface area contributed by atoms with E-state index in [0.717, 1.165) is 24.1 Å². The van der Waals surface area contributed by atoms with Gasteiger partial charge in [-0.25, -0.2) is 0 Å². The van der Waals surface area contributed by atoms with Gasteiger partial charge in [0.15, 0.2) is 5.76 Å². The molecule has 0 unspecified atom stereocenters. The number of nitrogens with zero attached hydrogens (tertiary/aromatic N) is 2. The summed E-state index contributed by atoms with van der Waals surface area (Å²) in [6, 6.07) is 16.7. The van der Waals surface area contributed by atoms with Gasteiger partial charge in [-0.05, 0) is 42.0 Å². The van der Waals surface area contributed by atoms with Gasteiger partial charge in [0.05, 0.1) is 5.02 Å². The largest absolute Gasteiger partial charge is 0.484 e. The summed E-state index contributed by atoms with van der Waals surface area (Å²) in [5.41, 5.74) is 1.25. The van der Waals surface area contributed by atoms with Gasteiger partial charge >= 0.3 is 0 Å². The van der Waals surface area contributed by atoms with Crippen LogP contribution in [0.5, 0.6) is 5.75 Å². The molecule has 1 aliphatic heterocycles. The van der Waals surface area contributed by atoms with Crippen molar-refractivity contribution in [2.24, 2.45) is 0 Å². The van der Waals surface area contributed by atoms with Gasteiger partial charge in [-0.1, -0.05) is 57.3 Å². The molecule has 31 heavy (non-hydrogen) atoms. The number of carbonyl (C=O) groups is 1. The summed E-state index contributed by atoms with van der Waals surface area (Å²) in [6.07, 6.45) is 0. The zero-order valence-electron chi connectivity index (χ0n) is 16.7. The summed E-state index contributed by atoms with van der Waals surface area (Å²) >= 11 is 15.6. The number of hydrogen-bond donors (Lipinski definition) is 0. The minimum Gasteiger partial charge on any atom is -0.484 e. The fourth-order valence-corrected chi connectivity index (χ4v) is 4.32. The quantitative estimate of drug-likeness (QED) is 0.404. The highest BCUT2D eigenvalue weighted by Gasteiger charge is 2.24. The number of halogens is 3. The van der Waals surface area contributed by atoms with Crippen LogP contribution in [0, 0.1) is 0 Å². The summed E-state index contributed by atoms with van der Waals surface area (Å²) in [4.78, 5) is 17.0. The lowest BCUT2D eigenvalue weighted by molar-refractivity contribution is 0.0594. The first-order valence-electron chi connectivity index (χ1n) is 9.91. The van der Waals surface area contributed by atoms with Crippen molar-refractivity contribution in [3.8, 4) is 5.75 Å². The molecule has 0 bridgehead atoms. The van der Waals surface area contributed by atoms with E-state index in [1.165, 1.54) is 5.56 Å². The van der Waals surface area contributed by atoms with E-state index in [-0.39, 0.29) is 12.5 Å². The number of piperazine rings is 1. The Balaban J connectivity index is 1.29. The molecule has 0 radical (unpaired) electrons. The van der Waals surface area contributed by atoms with Gasteiger partial charge in [-0.3, -0.25) is 9.69 Å². The molecule has 2 heterocycles. The first-order chi connectivity index (χ1) is 15.0. The van der Waals surface area contributed by atoms with Crippen LogP contribution in [0.1, 0.15) is 21.9 Å². The lowest BCUT2D eigenvalue weighted by atomic mass is 10.2. The molecule has 1 aromatic heterocycles. The van der Waals surface area contributed by atoms with Gasteiger partial charge < -0.3 is 14.1 Å². The molecule has 2 aromatic carbocycles. The molecule has 0 aliphatic carbocycles. The molecule has 8 heteroatoms.